The summed E-state index contributed by atoms with van der Waals surface area (Å²) in [7, 11) is 0. The normalized spacial score (nSPS) is 20.1. The van der Waals surface area contributed by atoms with E-state index in [9.17, 15) is 9.90 Å². The van der Waals surface area contributed by atoms with E-state index in [1.165, 1.54) is 6.07 Å². The SMILES string of the molecule is NC(=O)c1cc(N2CCC(O)C2)nc(Cl)n1. The number of rotatable bonds is 2. The fourth-order valence-corrected chi connectivity index (χ4v) is 1.82. The van der Waals surface area contributed by atoms with Crippen LogP contribution in [0.3, 0.4) is 0 Å². The maximum Gasteiger partial charge on any atom is 0.267 e. The molecule has 0 radical (unpaired) electrons. The molecule has 0 bridgehead atoms. The Morgan fingerprint density at radius 1 is 1.62 bits per heavy atom. The Morgan fingerprint density at radius 3 is 2.94 bits per heavy atom. The number of aliphatic hydroxyl groups excluding tert-OH is 1. The Morgan fingerprint density at radius 2 is 2.38 bits per heavy atom. The van der Waals surface area contributed by atoms with Crippen molar-refractivity contribution < 1.29 is 9.90 Å². The van der Waals surface area contributed by atoms with Gasteiger partial charge in [0.2, 0.25) is 5.28 Å². The van der Waals surface area contributed by atoms with Crippen LogP contribution in [0.25, 0.3) is 0 Å². The minimum absolute atomic E-state index is 0.0207. The van der Waals surface area contributed by atoms with Gasteiger partial charge in [0.15, 0.2) is 0 Å². The molecule has 1 saturated heterocycles. The van der Waals surface area contributed by atoms with Crippen molar-refractivity contribution in [3.63, 3.8) is 0 Å². The van der Waals surface area contributed by atoms with Crippen LogP contribution in [0.4, 0.5) is 5.82 Å². The maximum absolute atomic E-state index is 11.0. The van der Waals surface area contributed by atoms with Crippen LogP contribution in [0, 0.1) is 0 Å². The first-order valence-corrected chi connectivity index (χ1v) is 5.21. The van der Waals surface area contributed by atoms with Gasteiger partial charge in [0.1, 0.15) is 11.5 Å². The molecule has 1 unspecified atom stereocenters. The van der Waals surface area contributed by atoms with Crippen molar-refractivity contribution >= 4 is 23.3 Å². The van der Waals surface area contributed by atoms with Gasteiger partial charge in [-0.1, -0.05) is 0 Å². The molecule has 0 saturated carbocycles. The molecule has 7 heteroatoms. The van der Waals surface area contributed by atoms with Crippen LogP contribution in [0.1, 0.15) is 16.9 Å². The van der Waals surface area contributed by atoms with Crippen molar-refractivity contribution in [3.8, 4) is 0 Å². The topological polar surface area (TPSA) is 92.3 Å². The molecule has 1 aliphatic rings. The van der Waals surface area contributed by atoms with Crippen molar-refractivity contribution in [1.29, 1.82) is 0 Å². The molecule has 1 aliphatic heterocycles. The molecule has 2 heterocycles. The van der Waals surface area contributed by atoms with Gasteiger partial charge in [0, 0.05) is 19.2 Å². The summed E-state index contributed by atoms with van der Waals surface area (Å²) in [5.74, 6) is -0.129. The third kappa shape index (κ3) is 2.23. The van der Waals surface area contributed by atoms with E-state index in [4.69, 9.17) is 17.3 Å². The highest BCUT2D eigenvalue weighted by atomic mass is 35.5. The number of nitrogens with two attached hydrogens (primary N) is 1. The number of β-amino-alcohol motifs (C(OH)–C–C–N with tert-alkyl or cyclic N) is 1. The van der Waals surface area contributed by atoms with Gasteiger partial charge in [-0.15, -0.1) is 0 Å². The van der Waals surface area contributed by atoms with Gasteiger partial charge < -0.3 is 15.7 Å². The van der Waals surface area contributed by atoms with E-state index in [-0.39, 0.29) is 17.1 Å². The first kappa shape index (κ1) is 11.1. The zero-order chi connectivity index (χ0) is 11.7. The Hall–Kier alpha value is -1.40. The number of halogens is 1. The number of hydrogen-bond donors (Lipinski definition) is 2. The summed E-state index contributed by atoms with van der Waals surface area (Å²) in [6, 6.07) is 1.48. The molecule has 1 aromatic rings. The lowest BCUT2D eigenvalue weighted by Gasteiger charge is -2.16. The second-order valence-corrected chi connectivity index (χ2v) is 3.97. The second kappa shape index (κ2) is 4.23. The zero-order valence-corrected chi connectivity index (χ0v) is 9.18. The first-order valence-electron chi connectivity index (χ1n) is 4.83. The molecule has 1 atom stereocenters. The van der Waals surface area contributed by atoms with E-state index in [1.807, 2.05) is 4.90 Å². The second-order valence-electron chi connectivity index (χ2n) is 3.63. The summed E-state index contributed by atoms with van der Waals surface area (Å²) >= 11 is 5.69. The van der Waals surface area contributed by atoms with Gasteiger partial charge in [-0.05, 0) is 18.0 Å². The fourth-order valence-electron chi connectivity index (χ4n) is 1.64. The maximum atomic E-state index is 11.0. The lowest BCUT2D eigenvalue weighted by atomic mass is 10.3. The molecule has 1 amide bonds. The van der Waals surface area contributed by atoms with Crippen LogP contribution in [0.5, 0.6) is 0 Å². The molecular formula is C9H11ClN4O2. The summed E-state index contributed by atoms with van der Waals surface area (Å²) in [5.41, 5.74) is 5.20. The average molecular weight is 243 g/mol. The molecule has 1 fully saturated rings. The lowest BCUT2D eigenvalue weighted by Crippen LogP contribution is -2.23. The number of aliphatic hydroxyl groups is 1. The zero-order valence-electron chi connectivity index (χ0n) is 8.43. The fraction of sp³-hybridized carbons (Fsp3) is 0.444. The van der Waals surface area contributed by atoms with Gasteiger partial charge >= 0.3 is 0 Å². The average Bonchev–Trinajstić information content (AvgIpc) is 2.64. The number of aromatic nitrogens is 2. The summed E-state index contributed by atoms with van der Waals surface area (Å²) in [4.78, 5) is 20.5. The van der Waals surface area contributed by atoms with Gasteiger partial charge in [0.25, 0.3) is 5.91 Å². The van der Waals surface area contributed by atoms with Crippen LogP contribution in [-0.2, 0) is 0 Å². The van der Waals surface area contributed by atoms with Crippen molar-refractivity contribution in [2.24, 2.45) is 5.73 Å². The van der Waals surface area contributed by atoms with Gasteiger partial charge in [-0.2, -0.15) is 0 Å². The van der Waals surface area contributed by atoms with Crippen LogP contribution >= 0.6 is 11.6 Å². The first-order chi connectivity index (χ1) is 7.56. The minimum atomic E-state index is -0.648. The third-order valence-electron chi connectivity index (χ3n) is 2.43. The molecule has 0 spiro atoms. The number of hydrogen-bond acceptors (Lipinski definition) is 5. The molecule has 1 aromatic heterocycles. The highest BCUT2D eigenvalue weighted by Gasteiger charge is 2.22. The molecule has 86 valence electrons. The lowest BCUT2D eigenvalue weighted by molar-refractivity contribution is 0.0995. The number of nitrogens with zero attached hydrogens (tertiary/aromatic N) is 3. The van der Waals surface area contributed by atoms with Gasteiger partial charge in [-0.3, -0.25) is 4.79 Å². The summed E-state index contributed by atoms with van der Waals surface area (Å²) < 4.78 is 0. The van der Waals surface area contributed by atoms with E-state index < -0.39 is 5.91 Å². The van der Waals surface area contributed by atoms with Crippen LogP contribution in [0.2, 0.25) is 5.28 Å². The smallest absolute Gasteiger partial charge is 0.267 e. The summed E-state index contributed by atoms with van der Waals surface area (Å²) in [6.45, 7) is 1.15. The number of carbonyl (C=O) groups excluding carboxylic acids is 1. The standard InChI is InChI=1S/C9H11ClN4O2/c10-9-12-6(8(11)16)3-7(13-9)14-2-1-5(15)4-14/h3,5,15H,1-2,4H2,(H2,11,16). The van der Waals surface area contributed by atoms with E-state index in [0.717, 1.165) is 0 Å². The number of amides is 1. The predicted molar refractivity (Wildman–Crippen MR) is 58.4 cm³/mol. The van der Waals surface area contributed by atoms with E-state index in [1.54, 1.807) is 0 Å². The summed E-state index contributed by atoms with van der Waals surface area (Å²) in [5, 5.41) is 9.38. The third-order valence-corrected chi connectivity index (χ3v) is 2.59. The van der Waals surface area contributed by atoms with Gasteiger partial charge in [-0.25, -0.2) is 9.97 Å². The Labute approximate surface area is 97.0 Å². The van der Waals surface area contributed by atoms with Crippen molar-refractivity contribution in [2.45, 2.75) is 12.5 Å². The number of anilines is 1. The highest BCUT2D eigenvalue weighted by molar-refractivity contribution is 6.28. The molecule has 3 N–H and O–H groups in total. The predicted octanol–water partition coefficient (Wildman–Crippen LogP) is -0.200. The molecule has 16 heavy (non-hydrogen) atoms. The van der Waals surface area contributed by atoms with E-state index in [2.05, 4.69) is 9.97 Å². The summed E-state index contributed by atoms with van der Waals surface area (Å²) in [6.07, 6.45) is 0.304. The van der Waals surface area contributed by atoms with Gasteiger partial charge in [0.05, 0.1) is 6.10 Å². The Bertz CT molecular complexity index is 426. The Kier molecular flexibility index (Phi) is 2.93. The van der Waals surface area contributed by atoms with E-state index >= 15 is 0 Å². The van der Waals surface area contributed by atoms with Crippen molar-refractivity contribution in [3.05, 3.63) is 17.0 Å². The molecule has 0 aliphatic carbocycles. The number of primary amides is 1. The molecular weight excluding hydrogens is 232 g/mol. The van der Waals surface area contributed by atoms with Crippen molar-refractivity contribution in [1.82, 2.24) is 9.97 Å². The van der Waals surface area contributed by atoms with Crippen LogP contribution in [-0.4, -0.2) is 40.2 Å². The molecule has 6 nitrogen and oxygen atoms in total. The Balaban J connectivity index is 2.30. The number of carbonyl (C=O) groups is 1. The highest BCUT2D eigenvalue weighted by Crippen LogP contribution is 2.20. The monoisotopic (exact) mass is 242 g/mol. The van der Waals surface area contributed by atoms with Crippen LogP contribution in [0.15, 0.2) is 6.07 Å². The van der Waals surface area contributed by atoms with Crippen LogP contribution < -0.4 is 10.6 Å². The minimum Gasteiger partial charge on any atom is -0.391 e. The van der Waals surface area contributed by atoms with E-state index in [0.29, 0.717) is 25.3 Å². The molecule has 2 rings (SSSR count). The quantitative estimate of drug-likeness (QED) is 0.701. The largest absolute Gasteiger partial charge is 0.391 e. The molecule has 0 aromatic carbocycles. The van der Waals surface area contributed by atoms with Crippen molar-refractivity contribution in [2.75, 3.05) is 18.0 Å².